The van der Waals surface area contributed by atoms with Gasteiger partial charge >= 0.3 is 5.97 Å². The van der Waals surface area contributed by atoms with E-state index in [1.807, 2.05) is 36.4 Å². The molecule has 3 aromatic carbocycles. The molecular weight excluding hydrogens is 412 g/mol. The molecule has 2 atom stereocenters. The van der Waals surface area contributed by atoms with E-state index in [4.69, 9.17) is 4.74 Å². The lowest BCUT2D eigenvalue weighted by Gasteiger charge is -2.30. The number of para-hydroxylation sites is 2. The van der Waals surface area contributed by atoms with Crippen molar-refractivity contribution in [2.24, 2.45) is 0 Å². The van der Waals surface area contributed by atoms with Crippen LogP contribution in [0.4, 0.5) is 11.4 Å². The summed E-state index contributed by atoms with van der Waals surface area (Å²) in [4.78, 5) is 25.5. The lowest BCUT2D eigenvalue weighted by Crippen LogP contribution is -2.26. The number of benzene rings is 3. The van der Waals surface area contributed by atoms with E-state index in [1.54, 1.807) is 12.1 Å². The summed E-state index contributed by atoms with van der Waals surface area (Å²) in [5.74, 6) is -0.106. The molecule has 1 heterocycles. The second-order valence-corrected chi connectivity index (χ2v) is 8.69. The molecule has 2 aliphatic rings. The van der Waals surface area contributed by atoms with E-state index in [0.29, 0.717) is 12.0 Å². The Kier molecular flexibility index (Phi) is 5.47. The first-order valence-electron chi connectivity index (χ1n) is 11.2. The zero-order valence-electron chi connectivity index (χ0n) is 18.7. The number of ether oxygens (including phenoxy) is 1. The van der Waals surface area contributed by atoms with E-state index in [9.17, 15) is 9.59 Å². The van der Waals surface area contributed by atoms with Crippen LogP contribution >= 0.6 is 0 Å². The smallest absolute Gasteiger partial charge is 0.337 e. The van der Waals surface area contributed by atoms with Crippen molar-refractivity contribution < 1.29 is 14.3 Å². The van der Waals surface area contributed by atoms with Gasteiger partial charge in [-0.2, -0.15) is 0 Å². The zero-order chi connectivity index (χ0) is 22.9. The van der Waals surface area contributed by atoms with Crippen molar-refractivity contribution in [2.75, 3.05) is 17.7 Å². The van der Waals surface area contributed by atoms with Gasteiger partial charge in [-0.3, -0.25) is 4.79 Å². The van der Waals surface area contributed by atoms with Gasteiger partial charge in [0.1, 0.15) is 0 Å². The Bertz CT molecular complexity index is 1240. The third kappa shape index (κ3) is 4.02. The minimum atomic E-state index is -0.378. The van der Waals surface area contributed by atoms with Gasteiger partial charge in [0.2, 0.25) is 0 Å². The van der Waals surface area contributed by atoms with Gasteiger partial charge in [-0.05, 0) is 54.7 Å². The summed E-state index contributed by atoms with van der Waals surface area (Å²) in [5.41, 5.74) is 7.42. The van der Waals surface area contributed by atoms with Crippen molar-refractivity contribution >= 4 is 23.1 Å². The predicted molar refractivity (Wildman–Crippen MR) is 129 cm³/mol. The fourth-order valence-electron chi connectivity index (χ4n) is 4.75. The SMILES string of the molecule is COC(=O)c1ccc(C2Nc3ccccc3NC3=C2C(=O)CC(c2ccc(C)cc2)C3)cc1. The number of hydrogen-bond acceptors (Lipinski definition) is 5. The lowest BCUT2D eigenvalue weighted by molar-refractivity contribution is -0.116. The average Bonchev–Trinajstić information content (AvgIpc) is 3.01. The average molecular weight is 439 g/mol. The summed E-state index contributed by atoms with van der Waals surface area (Å²) in [6.07, 6.45) is 1.23. The van der Waals surface area contributed by atoms with E-state index >= 15 is 0 Å². The van der Waals surface area contributed by atoms with Crippen LogP contribution in [0.5, 0.6) is 0 Å². The number of aryl methyl sites for hydroxylation is 1. The number of carbonyl (C=O) groups excluding carboxylic acids is 2. The van der Waals surface area contributed by atoms with Gasteiger partial charge in [0, 0.05) is 17.7 Å². The highest BCUT2D eigenvalue weighted by Crippen LogP contribution is 2.44. The van der Waals surface area contributed by atoms with Crippen LogP contribution in [0.3, 0.4) is 0 Å². The van der Waals surface area contributed by atoms with Crippen LogP contribution in [0.2, 0.25) is 0 Å². The van der Waals surface area contributed by atoms with Crippen molar-refractivity contribution in [3.05, 3.63) is 106 Å². The Labute approximate surface area is 193 Å². The number of allylic oxidation sites excluding steroid dienone is 1. The Morgan fingerprint density at radius 1 is 0.879 bits per heavy atom. The molecule has 0 bridgehead atoms. The third-order valence-electron chi connectivity index (χ3n) is 6.52. The molecule has 0 radical (unpaired) electrons. The van der Waals surface area contributed by atoms with E-state index in [-0.39, 0.29) is 23.7 Å². The van der Waals surface area contributed by atoms with Crippen molar-refractivity contribution in [2.45, 2.75) is 31.7 Å². The first-order chi connectivity index (χ1) is 16.0. The number of ketones is 1. The standard InChI is InChI=1S/C28H26N2O3/c1-17-7-9-18(10-8-17)21-15-24-26(25(31)16-21)27(30-23-6-4-3-5-22(23)29-24)19-11-13-20(14-12-19)28(32)33-2/h3-14,21,27,29-30H,15-16H2,1-2H3. The molecule has 3 aromatic rings. The maximum atomic E-state index is 13.6. The fraction of sp³-hybridized carbons (Fsp3) is 0.214. The van der Waals surface area contributed by atoms with Gasteiger partial charge in [0.05, 0.1) is 30.1 Å². The number of rotatable bonds is 3. The van der Waals surface area contributed by atoms with Crippen molar-refractivity contribution in [1.82, 2.24) is 0 Å². The first-order valence-corrected chi connectivity index (χ1v) is 11.2. The number of esters is 1. The topological polar surface area (TPSA) is 67.4 Å². The number of Topliss-reactive ketones (excluding diaryl/α,β-unsaturated/α-hetero) is 1. The van der Waals surface area contributed by atoms with E-state index in [1.165, 1.54) is 18.2 Å². The van der Waals surface area contributed by atoms with Crippen LogP contribution in [0, 0.1) is 6.92 Å². The maximum Gasteiger partial charge on any atom is 0.337 e. The van der Waals surface area contributed by atoms with Gasteiger partial charge in [-0.25, -0.2) is 4.79 Å². The minimum absolute atomic E-state index is 0.136. The summed E-state index contributed by atoms with van der Waals surface area (Å²) in [6, 6.07) is 23.4. The molecule has 0 saturated heterocycles. The lowest BCUT2D eigenvalue weighted by atomic mass is 9.78. The molecule has 5 nitrogen and oxygen atoms in total. The highest BCUT2D eigenvalue weighted by atomic mass is 16.5. The van der Waals surface area contributed by atoms with Crippen molar-refractivity contribution in [3.63, 3.8) is 0 Å². The summed E-state index contributed by atoms with van der Waals surface area (Å²) in [5, 5.41) is 7.14. The fourth-order valence-corrected chi connectivity index (χ4v) is 4.75. The highest BCUT2D eigenvalue weighted by molar-refractivity contribution is 6.01. The third-order valence-corrected chi connectivity index (χ3v) is 6.52. The molecular formula is C28H26N2O3. The summed E-state index contributed by atoms with van der Waals surface area (Å²) in [6.45, 7) is 2.07. The molecule has 2 unspecified atom stereocenters. The largest absolute Gasteiger partial charge is 0.465 e. The molecule has 166 valence electrons. The monoisotopic (exact) mass is 438 g/mol. The van der Waals surface area contributed by atoms with Crippen molar-refractivity contribution in [1.29, 1.82) is 0 Å². The normalized spacial score (nSPS) is 19.5. The number of methoxy groups -OCH3 is 1. The van der Waals surface area contributed by atoms with E-state index < -0.39 is 0 Å². The van der Waals surface area contributed by atoms with E-state index in [0.717, 1.165) is 34.6 Å². The summed E-state index contributed by atoms with van der Waals surface area (Å²) < 4.78 is 4.82. The molecule has 5 heteroatoms. The predicted octanol–water partition coefficient (Wildman–Crippen LogP) is 5.76. The van der Waals surface area contributed by atoms with Crippen LogP contribution in [0.1, 0.15) is 51.8 Å². The first kappa shape index (κ1) is 21.0. The Morgan fingerprint density at radius 2 is 1.55 bits per heavy atom. The van der Waals surface area contributed by atoms with Gasteiger partial charge in [0.25, 0.3) is 0 Å². The molecule has 1 aliphatic heterocycles. The Balaban J connectivity index is 1.57. The molecule has 0 aromatic heterocycles. The second-order valence-electron chi connectivity index (χ2n) is 8.69. The van der Waals surface area contributed by atoms with Gasteiger partial charge in [0.15, 0.2) is 5.78 Å². The number of fused-ring (bicyclic) bond motifs is 1. The van der Waals surface area contributed by atoms with Crippen molar-refractivity contribution in [3.8, 4) is 0 Å². The number of carbonyl (C=O) groups is 2. The van der Waals surface area contributed by atoms with Crippen LogP contribution in [-0.2, 0) is 9.53 Å². The molecule has 2 N–H and O–H groups in total. The number of nitrogens with one attached hydrogen (secondary N) is 2. The molecule has 33 heavy (non-hydrogen) atoms. The molecule has 0 fully saturated rings. The molecule has 0 spiro atoms. The Morgan fingerprint density at radius 3 is 2.24 bits per heavy atom. The Hall–Kier alpha value is -3.86. The number of hydrogen-bond donors (Lipinski definition) is 2. The highest BCUT2D eigenvalue weighted by Gasteiger charge is 2.36. The van der Waals surface area contributed by atoms with Gasteiger partial charge < -0.3 is 15.4 Å². The molecule has 5 rings (SSSR count). The van der Waals surface area contributed by atoms with Gasteiger partial charge in [-0.1, -0.05) is 54.1 Å². The maximum absolute atomic E-state index is 13.6. The number of anilines is 2. The van der Waals surface area contributed by atoms with Crippen LogP contribution < -0.4 is 10.6 Å². The molecule has 1 aliphatic carbocycles. The summed E-state index contributed by atoms with van der Waals surface area (Å²) in [7, 11) is 1.37. The summed E-state index contributed by atoms with van der Waals surface area (Å²) >= 11 is 0. The van der Waals surface area contributed by atoms with Crippen LogP contribution in [0.15, 0.2) is 84.1 Å². The van der Waals surface area contributed by atoms with E-state index in [2.05, 4.69) is 41.8 Å². The zero-order valence-corrected chi connectivity index (χ0v) is 18.7. The van der Waals surface area contributed by atoms with Crippen LogP contribution in [0.25, 0.3) is 0 Å². The molecule has 0 saturated carbocycles. The second kappa shape index (κ2) is 8.58. The van der Waals surface area contributed by atoms with Gasteiger partial charge in [-0.15, -0.1) is 0 Å². The van der Waals surface area contributed by atoms with Crippen LogP contribution in [-0.4, -0.2) is 18.9 Å². The minimum Gasteiger partial charge on any atom is -0.465 e. The quantitative estimate of drug-likeness (QED) is 0.509. The molecule has 0 amide bonds.